The van der Waals surface area contributed by atoms with Gasteiger partial charge in [0.15, 0.2) is 0 Å². The van der Waals surface area contributed by atoms with Gasteiger partial charge in [-0.15, -0.1) is 0 Å². The first-order valence-corrected chi connectivity index (χ1v) is 6.62. The van der Waals surface area contributed by atoms with Gasteiger partial charge in [0.05, 0.1) is 12.2 Å². The van der Waals surface area contributed by atoms with Crippen molar-refractivity contribution in [2.75, 3.05) is 0 Å². The maximum absolute atomic E-state index is 5.87. The zero-order valence-electron chi connectivity index (χ0n) is 10.8. The van der Waals surface area contributed by atoms with Gasteiger partial charge in [-0.2, -0.15) is 0 Å². The number of fused-ring (bicyclic) bond motifs is 2. The summed E-state index contributed by atoms with van der Waals surface area (Å²) >= 11 is 0. The number of hydrogen-bond acceptors (Lipinski definition) is 3. The van der Waals surface area contributed by atoms with Crippen molar-refractivity contribution in [3.05, 3.63) is 23.2 Å². The molecule has 2 bridgehead atoms. The van der Waals surface area contributed by atoms with Crippen molar-refractivity contribution in [3.8, 4) is 0 Å². The largest absolute Gasteiger partial charge is 0.466 e. The maximum Gasteiger partial charge on any atom is 0.105 e. The van der Waals surface area contributed by atoms with Crippen molar-refractivity contribution in [1.82, 2.24) is 5.32 Å². The van der Waals surface area contributed by atoms with Gasteiger partial charge in [0.25, 0.3) is 0 Å². The molecule has 17 heavy (non-hydrogen) atoms. The molecule has 1 aromatic heterocycles. The van der Waals surface area contributed by atoms with Crippen molar-refractivity contribution < 1.29 is 9.15 Å². The van der Waals surface area contributed by atoms with Crippen LogP contribution in [0.5, 0.6) is 0 Å². The van der Waals surface area contributed by atoms with Gasteiger partial charge in [0.2, 0.25) is 0 Å². The molecule has 2 aliphatic rings. The SMILES string of the molecule is Cc1cc(C(C)NC2CC3CCC2O3)c(C)o1. The van der Waals surface area contributed by atoms with Gasteiger partial charge in [-0.25, -0.2) is 0 Å². The van der Waals surface area contributed by atoms with Gasteiger partial charge < -0.3 is 14.5 Å². The Balaban J connectivity index is 1.67. The highest BCUT2D eigenvalue weighted by Crippen LogP contribution is 2.35. The molecule has 3 heterocycles. The number of aryl methyl sites for hydroxylation is 2. The van der Waals surface area contributed by atoms with Crippen LogP contribution < -0.4 is 5.32 Å². The summed E-state index contributed by atoms with van der Waals surface area (Å²) in [6.07, 6.45) is 4.59. The van der Waals surface area contributed by atoms with Crippen LogP contribution in [0.25, 0.3) is 0 Å². The average molecular weight is 235 g/mol. The molecule has 0 spiro atoms. The molecule has 0 radical (unpaired) electrons. The van der Waals surface area contributed by atoms with E-state index in [4.69, 9.17) is 9.15 Å². The first-order chi connectivity index (χ1) is 8.13. The van der Waals surface area contributed by atoms with Crippen LogP contribution in [0, 0.1) is 13.8 Å². The molecule has 0 aromatic carbocycles. The molecule has 0 saturated carbocycles. The summed E-state index contributed by atoms with van der Waals surface area (Å²) in [6, 6.07) is 3.01. The van der Waals surface area contributed by atoms with Crippen LogP contribution in [0.15, 0.2) is 10.5 Å². The average Bonchev–Trinajstić information content (AvgIpc) is 2.93. The molecular formula is C14H21NO2. The molecule has 4 atom stereocenters. The molecule has 1 N–H and O–H groups in total. The highest BCUT2D eigenvalue weighted by molar-refractivity contribution is 5.23. The second-order valence-electron chi connectivity index (χ2n) is 5.47. The Labute approximate surface area is 103 Å². The second kappa shape index (κ2) is 4.14. The molecule has 2 fully saturated rings. The Morgan fingerprint density at radius 1 is 1.35 bits per heavy atom. The lowest BCUT2D eigenvalue weighted by atomic mass is 9.94. The van der Waals surface area contributed by atoms with Gasteiger partial charge in [-0.3, -0.25) is 0 Å². The third-order valence-corrected chi connectivity index (χ3v) is 4.12. The summed E-state index contributed by atoms with van der Waals surface area (Å²) in [5.41, 5.74) is 1.28. The summed E-state index contributed by atoms with van der Waals surface area (Å²) in [6.45, 7) is 6.25. The normalized spacial score (nSPS) is 33.2. The fourth-order valence-electron chi connectivity index (χ4n) is 3.30. The van der Waals surface area contributed by atoms with Gasteiger partial charge in [0, 0.05) is 17.6 Å². The van der Waals surface area contributed by atoms with Crippen LogP contribution in [-0.4, -0.2) is 18.2 Å². The lowest BCUT2D eigenvalue weighted by Gasteiger charge is -2.24. The smallest absolute Gasteiger partial charge is 0.105 e. The van der Waals surface area contributed by atoms with Crippen molar-refractivity contribution in [2.45, 2.75) is 64.3 Å². The van der Waals surface area contributed by atoms with Gasteiger partial charge in [-0.05, 0) is 46.1 Å². The van der Waals surface area contributed by atoms with E-state index >= 15 is 0 Å². The Kier molecular flexibility index (Phi) is 2.75. The summed E-state index contributed by atoms with van der Waals surface area (Å²) in [5, 5.41) is 3.70. The zero-order valence-corrected chi connectivity index (χ0v) is 10.8. The van der Waals surface area contributed by atoms with Crippen molar-refractivity contribution in [1.29, 1.82) is 0 Å². The fourth-order valence-corrected chi connectivity index (χ4v) is 3.30. The number of nitrogens with one attached hydrogen (secondary N) is 1. The molecule has 3 nitrogen and oxygen atoms in total. The molecule has 0 amide bonds. The van der Waals surface area contributed by atoms with Crippen LogP contribution >= 0.6 is 0 Å². The standard InChI is InChI=1S/C14H21NO2/c1-8-6-12(10(3)16-8)9(2)15-13-7-11-4-5-14(13)17-11/h6,9,11,13-15H,4-5,7H2,1-3H3. The number of furan rings is 1. The number of rotatable bonds is 3. The third-order valence-electron chi connectivity index (χ3n) is 4.12. The summed E-state index contributed by atoms with van der Waals surface area (Å²) in [7, 11) is 0. The van der Waals surface area contributed by atoms with Crippen LogP contribution in [-0.2, 0) is 4.74 Å². The van der Waals surface area contributed by atoms with Crippen molar-refractivity contribution in [3.63, 3.8) is 0 Å². The quantitative estimate of drug-likeness (QED) is 0.874. The zero-order chi connectivity index (χ0) is 12.0. The van der Waals surface area contributed by atoms with E-state index in [-0.39, 0.29) is 0 Å². The van der Waals surface area contributed by atoms with Crippen molar-refractivity contribution >= 4 is 0 Å². The second-order valence-corrected chi connectivity index (χ2v) is 5.47. The lowest BCUT2D eigenvalue weighted by molar-refractivity contribution is 0.0962. The van der Waals surface area contributed by atoms with E-state index < -0.39 is 0 Å². The Bertz CT molecular complexity index is 412. The maximum atomic E-state index is 5.87. The first kappa shape index (κ1) is 11.3. The molecule has 3 heteroatoms. The van der Waals surface area contributed by atoms with E-state index in [1.165, 1.54) is 24.8 Å². The van der Waals surface area contributed by atoms with E-state index in [1.807, 2.05) is 13.8 Å². The molecular weight excluding hydrogens is 214 g/mol. The van der Waals surface area contributed by atoms with Crippen molar-refractivity contribution in [2.24, 2.45) is 0 Å². The number of ether oxygens (including phenoxy) is 1. The molecule has 4 unspecified atom stereocenters. The van der Waals surface area contributed by atoms with E-state index in [9.17, 15) is 0 Å². The van der Waals surface area contributed by atoms with Crippen LogP contribution in [0.1, 0.15) is 49.3 Å². The molecule has 2 aliphatic heterocycles. The van der Waals surface area contributed by atoms with Gasteiger partial charge >= 0.3 is 0 Å². The molecule has 0 aliphatic carbocycles. The van der Waals surface area contributed by atoms with E-state index in [2.05, 4.69) is 18.3 Å². The minimum atomic E-state index is 0.348. The predicted octanol–water partition coefficient (Wildman–Crippen LogP) is 2.87. The minimum Gasteiger partial charge on any atom is -0.466 e. The third kappa shape index (κ3) is 2.02. The van der Waals surface area contributed by atoms with Gasteiger partial charge in [-0.1, -0.05) is 0 Å². The van der Waals surface area contributed by atoms with E-state index in [0.29, 0.717) is 24.3 Å². The van der Waals surface area contributed by atoms with Crippen LogP contribution in [0.2, 0.25) is 0 Å². The summed E-state index contributed by atoms with van der Waals surface area (Å²) in [4.78, 5) is 0. The Morgan fingerprint density at radius 3 is 2.71 bits per heavy atom. The minimum absolute atomic E-state index is 0.348. The summed E-state index contributed by atoms with van der Waals surface area (Å²) < 4.78 is 11.5. The monoisotopic (exact) mass is 235 g/mol. The molecule has 94 valence electrons. The van der Waals surface area contributed by atoms with Gasteiger partial charge in [0.1, 0.15) is 11.5 Å². The highest BCUT2D eigenvalue weighted by atomic mass is 16.5. The first-order valence-electron chi connectivity index (χ1n) is 6.62. The number of hydrogen-bond donors (Lipinski definition) is 1. The molecule has 3 rings (SSSR count). The lowest BCUT2D eigenvalue weighted by Crippen LogP contribution is -2.39. The van der Waals surface area contributed by atoms with Crippen LogP contribution in [0.3, 0.4) is 0 Å². The molecule has 2 saturated heterocycles. The molecule has 1 aromatic rings. The Hall–Kier alpha value is -0.800. The predicted molar refractivity (Wildman–Crippen MR) is 66.0 cm³/mol. The summed E-state index contributed by atoms with van der Waals surface area (Å²) in [5.74, 6) is 2.03. The van der Waals surface area contributed by atoms with E-state index in [1.54, 1.807) is 0 Å². The fraction of sp³-hybridized carbons (Fsp3) is 0.714. The highest BCUT2D eigenvalue weighted by Gasteiger charge is 2.41. The van der Waals surface area contributed by atoms with Crippen LogP contribution in [0.4, 0.5) is 0 Å². The topological polar surface area (TPSA) is 34.4 Å². The van der Waals surface area contributed by atoms with E-state index in [0.717, 1.165) is 11.5 Å². The Morgan fingerprint density at radius 2 is 2.18 bits per heavy atom.